The second-order valence-corrected chi connectivity index (χ2v) is 5.47. The van der Waals surface area contributed by atoms with E-state index in [1.807, 2.05) is 11.8 Å². The van der Waals surface area contributed by atoms with Crippen LogP contribution >= 0.6 is 23.4 Å². The topological polar surface area (TPSA) is 59.9 Å². The zero-order chi connectivity index (χ0) is 13.6. The molecular formula is C11H19ClN4OS. The van der Waals surface area contributed by atoms with Crippen LogP contribution in [0, 0.1) is 0 Å². The highest BCUT2D eigenvalue weighted by molar-refractivity contribution is 8.00. The first-order chi connectivity index (χ1) is 8.59. The van der Waals surface area contributed by atoms with Gasteiger partial charge in [0.25, 0.3) is 0 Å². The van der Waals surface area contributed by atoms with Crippen LogP contribution < -0.4 is 10.1 Å². The lowest BCUT2D eigenvalue weighted by Crippen LogP contribution is -2.32. The summed E-state index contributed by atoms with van der Waals surface area (Å²) in [5.41, 5.74) is 0. The summed E-state index contributed by atoms with van der Waals surface area (Å²) < 4.78 is 5.14. The Hall–Kier alpha value is -0.750. The van der Waals surface area contributed by atoms with E-state index in [2.05, 4.69) is 40.4 Å². The molecule has 0 aromatic carbocycles. The quantitative estimate of drug-likeness (QED) is 0.833. The molecule has 0 unspecified atom stereocenters. The zero-order valence-electron chi connectivity index (χ0n) is 11.2. The normalized spacial score (nSPS) is 11.4. The van der Waals surface area contributed by atoms with Crippen molar-refractivity contribution >= 4 is 29.3 Å². The average Bonchev–Trinajstić information content (AvgIpc) is 2.40. The molecule has 0 aliphatic carbocycles. The molecule has 0 fully saturated rings. The van der Waals surface area contributed by atoms with Gasteiger partial charge in [0, 0.05) is 11.3 Å². The molecule has 7 heteroatoms. The number of hydrogen-bond donors (Lipinski definition) is 1. The van der Waals surface area contributed by atoms with Gasteiger partial charge in [-0.3, -0.25) is 0 Å². The van der Waals surface area contributed by atoms with Gasteiger partial charge in [0.15, 0.2) is 0 Å². The molecule has 0 saturated heterocycles. The predicted molar refractivity (Wildman–Crippen MR) is 76.7 cm³/mol. The monoisotopic (exact) mass is 290 g/mol. The molecular weight excluding hydrogens is 272 g/mol. The molecule has 0 bridgehead atoms. The highest BCUT2D eigenvalue weighted by Gasteiger charge is 2.25. The molecule has 1 aromatic heterocycles. The van der Waals surface area contributed by atoms with Gasteiger partial charge in [0.1, 0.15) is 0 Å². The standard InChI is InChI=1S/C11H19ClN4OS/c1-5-11(6-2,18-4)7-13-9-14-8(12)15-10(16-9)17-3/h5-7H2,1-4H3,(H,13,14,15,16). The van der Waals surface area contributed by atoms with Crippen molar-refractivity contribution in [2.45, 2.75) is 31.4 Å². The third-order valence-corrected chi connectivity index (χ3v) is 4.82. The van der Waals surface area contributed by atoms with Crippen LogP contribution in [-0.2, 0) is 0 Å². The van der Waals surface area contributed by atoms with E-state index in [-0.39, 0.29) is 16.0 Å². The number of halogens is 1. The van der Waals surface area contributed by atoms with E-state index in [4.69, 9.17) is 16.3 Å². The molecule has 0 aliphatic rings. The lowest BCUT2D eigenvalue weighted by Gasteiger charge is -2.29. The Morgan fingerprint density at radius 2 is 1.94 bits per heavy atom. The maximum atomic E-state index is 5.79. The first-order valence-electron chi connectivity index (χ1n) is 5.83. The van der Waals surface area contributed by atoms with Crippen LogP contribution in [0.25, 0.3) is 0 Å². The number of anilines is 1. The molecule has 0 amide bonds. The summed E-state index contributed by atoms with van der Waals surface area (Å²) in [4.78, 5) is 12.0. The minimum atomic E-state index is 0.132. The number of nitrogens with one attached hydrogen (secondary N) is 1. The molecule has 0 radical (unpaired) electrons. The molecule has 0 aliphatic heterocycles. The van der Waals surface area contributed by atoms with E-state index in [0.29, 0.717) is 5.95 Å². The van der Waals surface area contributed by atoms with Crippen LogP contribution in [0.1, 0.15) is 26.7 Å². The van der Waals surface area contributed by atoms with Gasteiger partial charge in [-0.1, -0.05) is 13.8 Å². The summed E-state index contributed by atoms with van der Waals surface area (Å²) in [6.45, 7) is 5.15. The fourth-order valence-electron chi connectivity index (χ4n) is 1.60. The Morgan fingerprint density at radius 3 is 2.44 bits per heavy atom. The Bertz CT molecular complexity index is 379. The second kappa shape index (κ2) is 6.99. The SMILES string of the molecule is CCC(CC)(CNc1nc(Cl)nc(OC)n1)SC. The van der Waals surface area contributed by atoms with Gasteiger partial charge in [-0.15, -0.1) is 0 Å². The smallest absolute Gasteiger partial charge is 0.322 e. The van der Waals surface area contributed by atoms with E-state index >= 15 is 0 Å². The molecule has 1 heterocycles. The van der Waals surface area contributed by atoms with Gasteiger partial charge >= 0.3 is 6.01 Å². The number of hydrogen-bond acceptors (Lipinski definition) is 6. The van der Waals surface area contributed by atoms with Crippen molar-refractivity contribution in [3.05, 3.63) is 5.28 Å². The molecule has 0 saturated carbocycles. The molecule has 0 atom stereocenters. The van der Waals surface area contributed by atoms with E-state index in [9.17, 15) is 0 Å². The molecule has 0 spiro atoms. The van der Waals surface area contributed by atoms with E-state index in [1.165, 1.54) is 7.11 Å². The highest BCUT2D eigenvalue weighted by Crippen LogP contribution is 2.30. The van der Waals surface area contributed by atoms with Crippen molar-refractivity contribution in [1.82, 2.24) is 15.0 Å². The van der Waals surface area contributed by atoms with Crippen LogP contribution in [0.5, 0.6) is 6.01 Å². The summed E-state index contributed by atoms with van der Waals surface area (Å²) in [7, 11) is 1.50. The first kappa shape index (κ1) is 15.3. The Morgan fingerprint density at radius 1 is 1.28 bits per heavy atom. The van der Waals surface area contributed by atoms with Crippen molar-refractivity contribution in [2.24, 2.45) is 0 Å². The minimum Gasteiger partial charge on any atom is -0.467 e. The van der Waals surface area contributed by atoms with Crippen LogP contribution in [0.2, 0.25) is 5.28 Å². The summed E-state index contributed by atoms with van der Waals surface area (Å²) in [6, 6.07) is 0.222. The zero-order valence-corrected chi connectivity index (χ0v) is 12.7. The van der Waals surface area contributed by atoms with Crippen LogP contribution in [0.3, 0.4) is 0 Å². The fourth-order valence-corrected chi connectivity index (χ4v) is 2.55. The van der Waals surface area contributed by atoms with E-state index in [1.54, 1.807) is 0 Å². The van der Waals surface area contributed by atoms with Crippen molar-refractivity contribution in [3.8, 4) is 6.01 Å². The van der Waals surface area contributed by atoms with Gasteiger partial charge < -0.3 is 10.1 Å². The lowest BCUT2D eigenvalue weighted by molar-refractivity contribution is 0.378. The molecule has 1 aromatic rings. The summed E-state index contributed by atoms with van der Waals surface area (Å²) in [6.07, 6.45) is 4.27. The second-order valence-electron chi connectivity index (χ2n) is 3.86. The third kappa shape index (κ3) is 3.88. The minimum absolute atomic E-state index is 0.132. The molecule has 5 nitrogen and oxygen atoms in total. The van der Waals surface area contributed by atoms with Gasteiger partial charge in [0.05, 0.1) is 7.11 Å². The van der Waals surface area contributed by atoms with E-state index < -0.39 is 0 Å². The third-order valence-electron chi connectivity index (χ3n) is 3.06. The number of thioether (sulfide) groups is 1. The number of ether oxygens (including phenoxy) is 1. The van der Waals surface area contributed by atoms with Crippen LogP contribution in [-0.4, -0.2) is 39.6 Å². The Kier molecular flexibility index (Phi) is 5.95. The number of methoxy groups -OCH3 is 1. The fraction of sp³-hybridized carbons (Fsp3) is 0.727. The molecule has 102 valence electrons. The summed E-state index contributed by atoms with van der Waals surface area (Å²) in [5, 5.41) is 3.34. The van der Waals surface area contributed by atoms with Gasteiger partial charge in [0.2, 0.25) is 11.2 Å². The number of nitrogens with zero attached hydrogens (tertiary/aromatic N) is 3. The van der Waals surface area contributed by atoms with Crippen molar-refractivity contribution in [2.75, 3.05) is 25.2 Å². The van der Waals surface area contributed by atoms with Crippen LogP contribution in [0.15, 0.2) is 0 Å². The van der Waals surface area contributed by atoms with Crippen LogP contribution in [0.4, 0.5) is 5.95 Å². The number of rotatable bonds is 7. The summed E-state index contributed by atoms with van der Waals surface area (Å²) >= 11 is 7.65. The molecule has 1 rings (SSSR count). The Balaban J connectivity index is 2.76. The maximum absolute atomic E-state index is 5.79. The maximum Gasteiger partial charge on any atom is 0.322 e. The van der Waals surface area contributed by atoms with Crippen molar-refractivity contribution in [1.29, 1.82) is 0 Å². The van der Waals surface area contributed by atoms with Crippen molar-refractivity contribution in [3.63, 3.8) is 0 Å². The average molecular weight is 291 g/mol. The summed E-state index contributed by atoms with van der Waals surface area (Å²) in [5.74, 6) is 0.451. The molecule has 18 heavy (non-hydrogen) atoms. The first-order valence-corrected chi connectivity index (χ1v) is 7.44. The molecule has 1 N–H and O–H groups in total. The van der Waals surface area contributed by atoms with Gasteiger partial charge in [-0.25, -0.2) is 0 Å². The predicted octanol–water partition coefficient (Wildman–Crippen LogP) is 2.87. The Labute approximate surface area is 117 Å². The van der Waals surface area contributed by atoms with Gasteiger partial charge in [-0.2, -0.15) is 26.7 Å². The number of aromatic nitrogens is 3. The van der Waals surface area contributed by atoms with Crippen molar-refractivity contribution < 1.29 is 4.74 Å². The van der Waals surface area contributed by atoms with E-state index in [0.717, 1.165) is 19.4 Å². The highest BCUT2D eigenvalue weighted by atomic mass is 35.5. The lowest BCUT2D eigenvalue weighted by atomic mass is 10.0. The largest absolute Gasteiger partial charge is 0.467 e. The van der Waals surface area contributed by atoms with Gasteiger partial charge in [-0.05, 0) is 30.7 Å².